The van der Waals surface area contributed by atoms with Gasteiger partial charge < -0.3 is 10.5 Å². The molecule has 0 aliphatic rings. The molecule has 0 saturated heterocycles. The quantitative estimate of drug-likeness (QED) is 0.923. The van der Waals surface area contributed by atoms with Crippen LogP contribution in [0, 0.1) is 5.92 Å². The largest absolute Gasteiger partial charge is 0.493 e. The zero-order chi connectivity index (χ0) is 13.9. The van der Waals surface area contributed by atoms with Gasteiger partial charge >= 0.3 is 6.18 Å². The van der Waals surface area contributed by atoms with Crippen LogP contribution in [0.5, 0.6) is 5.75 Å². The number of rotatable bonds is 4. The lowest BCUT2D eigenvalue weighted by Crippen LogP contribution is -2.35. The van der Waals surface area contributed by atoms with E-state index in [1.54, 1.807) is 12.1 Å². The molecule has 0 heterocycles. The molecule has 2 rings (SSSR count). The molecule has 0 aliphatic carbocycles. The van der Waals surface area contributed by atoms with Gasteiger partial charge in [0.2, 0.25) is 0 Å². The van der Waals surface area contributed by atoms with Crippen LogP contribution in [0.1, 0.15) is 0 Å². The number of nitrogens with two attached hydrogens (primary N) is 1. The number of alkyl halides is 3. The van der Waals surface area contributed by atoms with Gasteiger partial charge in [-0.1, -0.05) is 30.3 Å². The maximum Gasteiger partial charge on any atom is 0.396 e. The molecule has 2 nitrogen and oxygen atoms in total. The average molecular weight is 269 g/mol. The van der Waals surface area contributed by atoms with Gasteiger partial charge in [-0.05, 0) is 22.9 Å². The molecule has 0 amide bonds. The third-order valence-corrected chi connectivity index (χ3v) is 2.92. The first-order valence-corrected chi connectivity index (χ1v) is 5.89. The SMILES string of the molecule is NCC(COc1ccc2ccccc2c1)C(F)(F)F. The van der Waals surface area contributed by atoms with Crippen LogP contribution in [-0.4, -0.2) is 19.3 Å². The summed E-state index contributed by atoms with van der Waals surface area (Å²) in [6, 6.07) is 12.8. The first-order valence-electron chi connectivity index (χ1n) is 5.89. The third kappa shape index (κ3) is 3.38. The molecule has 0 aliphatic heterocycles. The predicted molar refractivity (Wildman–Crippen MR) is 68.0 cm³/mol. The van der Waals surface area contributed by atoms with Crippen LogP contribution >= 0.6 is 0 Å². The molecule has 0 spiro atoms. The molecule has 0 bridgehead atoms. The van der Waals surface area contributed by atoms with Gasteiger partial charge in [-0.15, -0.1) is 0 Å². The molecular weight excluding hydrogens is 255 g/mol. The highest BCUT2D eigenvalue weighted by Gasteiger charge is 2.39. The maximum atomic E-state index is 12.5. The minimum atomic E-state index is -4.33. The predicted octanol–water partition coefficient (Wildman–Crippen LogP) is 3.36. The molecule has 0 aromatic heterocycles. The third-order valence-electron chi connectivity index (χ3n) is 2.92. The van der Waals surface area contributed by atoms with Crippen LogP contribution in [0.3, 0.4) is 0 Å². The molecular formula is C14H14F3NO. The molecule has 2 aromatic carbocycles. The summed E-state index contributed by atoms with van der Waals surface area (Å²) < 4.78 is 42.7. The smallest absolute Gasteiger partial charge is 0.396 e. The summed E-state index contributed by atoms with van der Waals surface area (Å²) in [4.78, 5) is 0. The van der Waals surface area contributed by atoms with Gasteiger partial charge in [-0.2, -0.15) is 13.2 Å². The number of ether oxygens (including phenoxy) is 1. The first-order chi connectivity index (χ1) is 9.00. The van der Waals surface area contributed by atoms with E-state index in [1.807, 2.05) is 30.3 Å². The van der Waals surface area contributed by atoms with Crippen molar-refractivity contribution < 1.29 is 17.9 Å². The van der Waals surface area contributed by atoms with E-state index in [4.69, 9.17) is 10.5 Å². The van der Waals surface area contributed by atoms with E-state index in [-0.39, 0.29) is 0 Å². The highest BCUT2D eigenvalue weighted by molar-refractivity contribution is 5.83. The van der Waals surface area contributed by atoms with E-state index in [1.165, 1.54) is 0 Å². The van der Waals surface area contributed by atoms with Gasteiger partial charge in [-0.3, -0.25) is 0 Å². The summed E-state index contributed by atoms with van der Waals surface area (Å²) in [5.41, 5.74) is 5.11. The maximum absolute atomic E-state index is 12.5. The Labute approximate surface area is 109 Å². The number of halogens is 3. The molecule has 102 valence electrons. The van der Waals surface area contributed by atoms with Gasteiger partial charge in [0.05, 0.1) is 0 Å². The van der Waals surface area contributed by atoms with Crippen molar-refractivity contribution in [2.24, 2.45) is 11.7 Å². The normalized spacial score (nSPS) is 13.5. The Morgan fingerprint density at radius 1 is 1.05 bits per heavy atom. The Morgan fingerprint density at radius 2 is 1.74 bits per heavy atom. The summed E-state index contributed by atoms with van der Waals surface area (Å²) in [5.74, 6) is -1.22. The molecule has 0 radical (unpaired) electrons. The van der Waals surface area contributed by atoms with E-state index in [0.29, 0.717) is 5.75 Å². The standard InChI is InChI=1S/C14H14F3NO/c15-14(16,17)12(8-18)9-19-13-6-5-10-3-1-2-4-11(10)7-13/h1-7,12H,8-9,18H2. The zero-order valence-electron chi connectivity index (χ0n) is 10.2. The number of hydrogen-bond donors (Lipinski definition) is 1. The second-order valence-electron chi connectivity index (χ2n) is 4.29. The fourth-order valence-electron chi connectivity index (χ4n) is 1.75. The minimum Gasteiger partial charge on any atom is -0.493 e. The Bertz CT molecular complexity index is 554. The second kappa shape index (κ2) is 5.48. The van der Waals surface area contributed by atoms with Gasteiger partial charge in [0, 0.05) is 6.54 Å². The Hall–Kier alpha value is -1.75. The number of fused-ring (bicyclic) bond motifs is 1. The second-order valence-corrected chi connectivity index (χ2v) is 4.29. The topological polar surface area (TPSA) is 35.2 Å². The molecule has 2 aromatic rings. The summed E-state index contributed by atoms with van der Waals surface area (Å²) in [5, 5.41) is 1.94. The fraction of sp³-hybridized carbons (Fsp3) is 0.286. The molecule has 2 N–H and O–H groups in total. The molecule has 19 heavy (non-hydrogen) atoms. The number of benzene rings is 2. The average Bonchev–Trinajstić information content (AvgIpc) is 2.37. The van der Waals surface area contributed by atoms with Crippen molar-refractivity contribution in [3.8, 4) is 5.75 Å². The lowest BCUT2D eigenvalue weighted by Gasteiger charge is -2.18. The van der Waals surface area contributed by atoms with E-state index >= 15 is 0 Å². The summed E-state index contributed by atoms with van der Waals surface area (Å²) >= 11 is 0. The van der Waals surface area contributed by atoms with Crippen molar-refractivity contribution in [3.63, 3.8) is 0 Å². The lowest BCUT2D eigenvalue weighted by atomic mass is 10.1. The zero-order valence-corrected chi connectivity index (χ0v) is 10.2. The van der Waals surface area contributed by atoms with Crippen LogP contribution < -0.4 is 10.5 Å². The minimum absolute atomic E-state index is 0.418. The Kier molecular flexibility index (Phi) is 3.95. The molecule has 0 fully saturated rings. The summed E-state index contributed by atoms with van der Waals surface area (Å²) in [7, 11) is 0. The molecule has 0 saturated carbocycles. The van der Waals surface area contributed by atoms with Crippen molar-refractivity contribution in [1.29, 1.82) is 0 Å². The molecule has 1 atom stereocenters. The number of hydrogen-bond acceptors (Lipinski definition) is 2. The Morgan fingerprint density at radius 3 is 2.37 bits per heavy atom. The summed E-state index contributed by atoms with van der Waals surface area (Å²) in [6.07, 6.45) is -4.33. The molecule has 5 heteroatoms. The van der Waals surface area contributed by atoms with E-state index in [9.17, 15) is 13.2 Å². The van der Waals surface area contributed by atoms with Crippen molar-refractivity contribution in [2.75, 3.05) is 13.2 Å². The van der Waals surface area contributed by atoms with Gasteiger partial charge in [-0.25, -0.2) is 0 Å². The van der Waals surface area contributed by atoms with E-state index in [2.05, 4.69) is 0 Å². The van der Waals surface area contributed by atoms with Crippen LogP contribution in [0.25, 0.3) is 10.8 Å². The van der Waals surface area contributed by atoms with Gasteiger partial charge in [0.25, 0.3) is 0 Å². The highest BCUT2D eigenvalue weighted by Crippen LogP contribution is 2.27. The molecule has 1 unspecified atom stereocenters. The monoisotopic (exact) mass is 269 g/mol. The van der Waals surface area contributed by atoms with Crippen molar-refractivity contribution in [3.05, 3.63) is 42.5 Å². The van der Waals surface area contributed by atoms with E-state index in [0.717, 1.165) is 10.8 Å². The van der Waals surface area contributed by atoms with Crippen LogP contribution in [0.4, 0.5) is 13.2 Å². The fourth-order valence-corrected chi connectivity index (χ4v) is 1.75. The lowest BCUT2D eigenvalue weighted by molar-refractivity contribution is -0.178. The van der Waals surface area contributed by atoms with E-state index < -0.39 is 25.2 Å². The van der Waals surface area contributed by atoms with Crippen LogP contribution in [-0.2, 0) is 0 Å². The Balaban J connectivity index is 2.09. The first kappa shape index (κ1) is 13.7. The van der Waals surface area contributed by atoms with Gasteiger partial charge in [0.1, 0.15) is 18.3 Å². The van der Waals surface area contributed by atoms with Gasteiger partial charge in [0.15, 0.2) is 0 Å². The van der Waals surface area contributed by atoms with Crippen molar-refractivity contribution in [1.82, 2.24) is 0 Å². The van der Waals surface area contributed by atoms with Crippen molar-refractivity contribution in [2.45, 2.75) is 6.18 Å². The highest BCUT2D eigenvalue weighted by atomic mass is 19.4. The summed E-state index contributed by atoms with van der Waals surface area (Å²) in [6.45, 7) is -0.935. The van der Waals surface area contributed by atoms with Crippen LogP contribution in [0.2, 0.25) is 0 Å². The van der Waals surface area contributed by atoms with Crippen LogP contribution in [0.15, 0.2) is 42.5 Å². The van der Waals surface area contributed by atoms with Crippen molar-refractivity contribution >= 4 is 10.8 Å².